The minimum absolute atomic E-state index is 0.0115. The van der Waals surface area contributed by atoms with Crippen molar-refractivity contribution < 1.29 is 13.2 Å². The van der Waals surface area contributed by atoms with Crippen molar-refractivity contribution in [3.05, 3.63) is 6.20 Å². The molecular formula is C11H22N4O3S. The van der Waals surface area contributed by atoms with Gasteiger partial charge in [0.25, 0.3) is 0 Å². The smallest absolute Gasteiger partial charge is 0.245 e. The van der Waals surface area contributed by atoms with Crippen LogP contribution in [0.2, 0.25) is 0 Å². The molecule has 0 aliphatic heterocycles. The minimum Gasteiger partial charge on any atom is -0.381 e. The third-order valence-corrected chi connectivity index (χ3v) is 3.84. The molecule has 0 atom stereocenters. The first-order chi connectivity index (χ1) is 8.86. The van der Waals surface area contributed by atoms with Crippen LogP contribution in [-0.2, 0) is 21.3 Å². The number of rotatable bonds is 8. The number of nitrogens with one attached hydrogen (secondary N) is 1. The van der Waals surface area contributed by atoms with Gasteiger partial charge in [0.05, 0.1) is 6.61 Å². The highest BCUT2D eigenvalue weighted by Gasteiger charge is 2.20. The van der Waals surface area contributed by atoms with Gasteiger partial charge in [0, 0.05) is 25.9 Å². The summed E-state index contributed by atoms with van der Waals surface area (Å²) in [5.74, 6) is 0.437. The quantitative estimate of drug-likeness (QED) is 0.677. The second kappa shape index (κ2) is 6.88. The SMILES string of the molecule is CCn1cc(S(=O)(=O)NCCOCC(C)C)c(N)n1. The fourth-order valence-electron chi connectivity index (χ4n) is 1.43. The molecule has 0 aliphatic carbocycles. The number of sulfonamides is 1. The molecule has 0 unspecified atom stereocenters. The molecule has 1 aromatic rings. The van der Waals surface area contributed by atoms with Gasteiger partial charge in [-0.2, -0.15) is 5.10 Å². The van der Waals surface area contributed by atoms with E-state index < -0.39 is 10.0 Å². The van der Waals surface area contributed by atoms with E-state index >= 15 is 0 Å². The van der Waals surface area contributed by atoms with Crippen LogP contribution in [0.4, 0.5) is 5.82 Å². The predicted octanol–water partition coefficient (Wildman–Crippen LogP) is 0.436. The number of aromatic nitrogens is 2. The topological polar surface area (TPSA) is 99.2 Å². The minimum atomic E-state index is -3.62. The fourth-order valence-corrected chi connectivity index (χ4v) is 2.52. The molecule has 110 valence electrons. The molecule has 1 rings (SSSR count). The molecule has 1 heterocycles. The van der Waals surface area contributed by atoms with Gasteiger partial charge >= 0.3 is 0 Å². The van der Waals surface area contributed by atoms with E-state index in [-0.39, 0.29) is 17.3 Å². The average molecular weight is 290 g/mol. The van der Waals surface area contributed by atoms with Crippen molar-refractivity contribution in [3.8, 4) is 0 Å². The third-order valence-electron chi connectivity index (χ3n) is 2.36. The van der Waals surface area contributed by atoms with Crippen LogP contribution in [0.3, 0.4) is 0 Å². The van der Waals surface area contributed by atoms with E-state index in [1.807, 2.05) is 20.8 Å². The molecule has 0 radical (unpaired) electrons. The van der Waals surface area contributed by atoms with E-state index in [4.69, 9.17) is 10.5 Å². The molecule has 0 aromatic carbocycles. The Kier molecular flexibility index (Phi) is 5.77. The summed E-state index contributed by atoms with van der Waals surface area (Å²) in [5, 5.41) is 3.91. The molecule has 0 saturated carbocycles. The number of nitrogens with two attached hydrogens (primary N) is 1. The standard InChI is InChI=1S/C11H22N4O3S/c1-4-15-7-10(11(12)14-15)19(16,17)13-5-6-18-8-9(2)3/h7,9,13H,4-6,8H2,1-3H3,(H2,12,14). The monoisotopic (exact) mass is 290 g/mol. The van der Waals surface area contributed by atoms with Crippen molar-refractivity contribution >= 4 is 15.8 Å². The zero-order valence-corrected chi connectivity index (χ0v) is 12.4. The Morgan fingerprint density at radius 3 is 2.74 bits per heavy atom. The van der Waals surface area contributed by atoms with Crippen molar-refractivity contribution in [1.29, 1.82) is 0 Å². The molecule has 7 nitrogen and oxygen atoms in total. The summed E-state index contributed by atoms with van der Waals surface area (Å²) < 4.78 is 33.2. The van der Waals surface area contributed by atoms with Crippen LogP contribution in [0.1, 0.15) is 20.8 Å². The van der Waals surface area contributed by atoms with Gasteiger partial charge in [0.2, 0.25) is 10.0 Å². The lowest BCUT2D eigenvalue weighted by Crippen LogP contribution is -2.28. The normalized spacial score (nSPS) is 12.2. The second-order valence-electron chi connectivity index (χ2n) is 4.60. The number of nitrogen functional groups attached to an aromatic ring is 1. The number of ether oxygens (including phenoxy) is 1. The first-order valence-electron chi connectivity index (χ1n) is 6.27. The Balaban J connectivity index is 2.53. The Bertz CT molecular complexity index is 496. The Hall–Kier alpha value is -1.12. The largest absolute Gasteiger partial charge is 0.381 e. The Morgan fingerprint density at radius 1 is 1.53 bits per heavy atom. The fraction of sp³-hybridized carbons (Fsp3) is 0.727. The van der Waals surface area contributed by atoms with E-state index in [0.717, 1.165) is 0 Å². The molecule has 0 spiro atoms. The van der Waals surface area contributed by atoms with Crippen LogP contribution in [0, 0.1) is 5.92 Å². The maximum Gasteiger partial charge on any atom is 0.245 e. The van der Waals surface area contributed by atoms with E-state index in [9.17, 15) is 8.42 Å². The highest BCUT2D eigenvalue weighted by molar-refractivity contribution is 7.89. The molecule has 0 saturated heterocycles. The Morgan fingerprint density at radius 2 is 2.21 bits per heavy atom. The molecular weight excluding hydrogens is 268 g/mol. The number of aryl methyl sites for hydroxylation is 1. The molecule has 3 N–H and O–H groups in total. The number of hydrogen-bond acceptors (Lipinski definition) is 5. The molecule has 0 fully saturated rings. The van der Waals surface area contributed by atoms with Crippen molar-refractivity contribution in [3.63, 3.8) is 0 Å². The molecule has 0 aliphatic rings. The molecule has 0 bridgehead atoms. The van der Waals surface area contributed by atoms with Crippen LogP contribution in [0.5, 0.6) is 0 Å². The summed E-state index contributed by atoms with van der Waals surface area (Å²) >= 11 is 0. The van der Waals surface area contributed by atoms with Gasteiger partial charge in [0.1, 0.15) is 4.90 Å². The summed E-state index contributed by atoms with van der Waals surface area (Å²) in [6.45, 7) is 7.64. The molecule has 1 aromatic heterocycles. The van der Waals surface area contributed by atoms with Gasteiger partial charge in [-0.25, -0.2) is 13.1 Å². The zero-order chi connectivity index (χ0) is 14.5. The van der Waals surface area contributed by atoms with Crippen LogP contribution in [0.25, 0.3) is 0 Å². The first kappa shape index (κ1) is 15.9. The van der Waals surface area contributed by atoms with Gasteiger partial charge < -0.3 is 10.5 Å². The highest BCUT2D eigenvalue weighted by Crippen LogP contribution is 2.15. The van der Waals surface area contributed by atoms with Gasteiger partial charge in [-0.05, 0) is 12.8 Å². The molecule has 19 heavy (non-hydrogen) atoms. The number of nitrogens with zero attached hydrogens (tertiary/aromatic N) is 2. The summed E-state index contributed by atoms with van der Waals surface area (Å²) in [6, 6.07) is 0. The summed E-state index contributed by atoms with van der Waals surface area (Å²) in [6.07, 6.45) is 1.42. The van der Waals surface area contributed by atoms with Crippen LogP contribution < -0.4 is 10.5 Å². The maximum absolute atomic E-state index is 12.0. The first-order valence-corrected chi connectivity index (χ1v) is 7.75. The van der Waals surface area contributed by atoms with Crippen LogP contribution >= 0.6 is 0 Å². The lowest BCUT2D eigenvalue weighted by molar-refractivity contribution is 0.114. The zero-order valence-electron chi connectivity index (χ0n) is 11.6. The highest BCUT2D eigenvalue weighted by atomic mass is 32.2. The van der Waals surface area contributed by atoms with E-state index in [0.29, 0.717) is 25.7 Å². The number of anilines is 1. The predicted molar refractivity (Wildman–Crippen MR) is 73.2 cm³/mol. The lowest BCUT2D eigenvalue weighted by Gasteiger charge is -2.08. The van der Waals surface area contributed by atoms with E-state index in [1.165, 1.54) is 10.9 Å². The van der Waals surface area contributed by atoms with Crippen molar-refractivity contribution in [1.82, 2.24) is 14.5 Å². The molecule has 0 amide bonds. The summed E-state index contributed by atoms with van der Waals surface area (Å²) in [7, 11) is -3.62. The molecule has 8 heteroatoms. The van der Waals surface area contributed by atoms with Gasteiger partial charge in [-0.3, -0.25) is 4.68 Å². The van der Waals surface area contributed by atoms with Gasteiger partial charge in [0.15, 0.2) is 5.82 Å². The van der Waals surface area contributed by atoms with Crippen LogP contribution in [0.15, 0.2) is 11.1 Å². The van der Waals surface area contributed by atoms with E-state index in [1.54, 1.807) is 0 Å². The van der Waals surface area contributed by atoms with Gasteiger partial charge in [-0.1, -0.05) is 13.8 Å². The van der Waals surface area contributed by atoms with Crippen molar-refractivity contribution in [2.75, 3.05) is 25.5 Å². The Labute approximate surface area is 114 Å². The number of hydrogen-bond donors (Lipinski definition) is 2. The van der Waals surface area contributed by atoms with Crippen molar-refractivity contribution in [2.24, 2.45) is 5.92 Å². The third kappa shape index (κ3) is 4.81. The van der Waals surface area contributed by atoms with Crippen molar-refractivity contribution in [2.45, 2.75) is 32.2 Å². The van der Waals surface area contributed by atoms with E-state index in [2.05, 4.69) is 9.82 Å². The lowest BCUT2D eigenvalue weighted by atomic mass is 10.2. The maximum atomic E-state index is 12.0. The van der Waals surface area contributed by atoms with Gasteiger partial charge in [-0.15, -0.1) is 0 Å². The van der Waals surface area contributed by atoms with Crippen LogP contribution in [-0.4, -0.2) is 38.0 Å². The average Bonchev–Trinajstić information content (AvgIpc) is 2.70. The second-order valence-corrected chi connectivity index (χ2v) is 6.34. The summed E-state index contributed by atoms with van der Waals surface area (Å²) in [5.41, 5.74) is 5.59. The summed E-state index contributed by atoms with van der Waals surface area (Å²) in [4.78, 5) is 0.0122.